The van der Waals surface area contributed by atoms with E-state index in [9.17, 15) is 9.59 Å². The molecule has 1 aliphatic heterocycles. The summed E-state index contributed by atoms with van der Waals surface area (Å²) in [5.74, 6) is 0.317. The first-order valence-electron chi connectivity index (χ1n) is 9.94. The number of hydrogen-bond acceptors (Lipinski definition) is 7. The molecule has 0 radical (unpaired) electrons. The number of carbonyl (C=O) groups excluding carboxylic acids is 2. The number of anilines is 2. The number of rotatable bonds is 5. The molecule has 1 aromatic carbocycles. The third-order valence-corrected chi connectivity index (χ3v) is 5.60. The van der Waals surface area contributed by atoms with Crippen molar-refractivity contribution in [3.05, 3.63) is 52.9 Å². The molecule has 3 N–H and O–H groups in total. The molecule has 4 rings (SSSR count). The van der Waals surface area contributed by atoms with E-state index in [1.165, 1.54) is 0 Å². The zero-order chi connectivity index (χ0) is 20.4. The molecule has 2 aromatic rings. The Hall–Kier alpha value is -3.06. The molecule has 1 fully saturated rings. The van der Waals surface area contributed by atoms with Crippen molar-refractivity contribution in [1.29, 1.82) is 0 Å². The van der Waals surface area contributed by atoms with Gasteiger partial charge in [0.2, 0.25) is 5.95 Å². The van der Waals surface area contributed by atoms with E-state index in [0.717, 1.165) is 42.7 Å². The Balaban J connectivity index is 1.47. The van der Waals surface area contributed by atoms with Crippen molar-refractivity contribution in [1.82, 2.24) is 9.97 Å². The van der Waals surface area contributed by atoms with Crippen LogP contribution in [0.2, 0.25) is 0 Å². The maximum atomic E-state index is 12.8. The maximum Gasteiger partial charge on any atom is 0.225 e. The lowest BCUT2D eigenvalue weighted by Gasteiger charge is -2.30. The molecule has 0 atom stereocenters. The number of hydrogen-bond donors (Lipinski definition) is 2. The van der Waals surface area contributed by atoms with Gasteiger partial charge in [-0.05, 0) is 41.7 Å². The Morgan fingerprint density at radius 1 is 1.24 bits per heavy atom. The molecule has 2 aliphatic rings. The van der Waals surface area contributed by atoms with E-state index in [2.05, 4.69) is 20.2 Å². The molecule has 150 valence electrons. The number of benzene rings is 1. The Labute approximate surface area is 170 Å². The molecule has 0 amide bonds. The monoisotopic (exact) mass is 391 g/mol. The van der Waals surface area contributed by atoms with Crippen LogP contribution in [0.1, 0.15) is 29.5 Å². The molecule has 0 spiro atoms. The van der Waals surface area contributed by atoms with Crippen LogP contribution in [-0.4, -0.2) is 47.7 Å². The summed E-state index contributed by atoms with van der Waals surface area (Å²) < 4.78 is 0. The highest BCUT2D eigenvalue weighted by atomic mass is 16.1. The predicted molar refractivity (Wildman–Crippen MR) is 113 cm³/mol. The van der Waals surface area contributed by atoms with Gasteiger partial charge in [0, 0.05) is 57.1 Å². The van der Waals surface area contributed by atoms with E-state index in [1.807, 2.05) is 25.2 Å². The minimum absolute atomic E-state index is 0.115. The molecule has 0 saturated carbocycles. The zero-order valence-corrected chi connectivity index (χ0v) is 16.5. The van der Waals surface area contributed by atoms with Crippen molar-refractivity contribution < 1.29 is 9.59 Å². The van der Waals surface area contributed by atoms with Crippen molar-refractivity contribution in [2.24, 2.45) is 5.73 Å². The molecule has 1 saturated heterocycles. The average Bonchev–Trinajstić information content (AvgIpc) is 2.74. The van der Waals surface area contributed by atoms with Gasteiger partial charge in [0.05, 0.1) is 5.57 Å². The number of Topliss-reactive ketones (excluding diaryl/α,β-unsaturated/α-hetero) is 2. The summed E-state index contributed by atoms with van der Waals surface area (Å²) in [6.45, 7) is 1.68. The van der Waals surface area contributed by atoms with Crippen LogP contribution in [0.15, 0.2) is 36.2 Å². The molecule has 7 heteroatoms. The van der Waals surface area contributed by atoms with Crippen molar-refractivity contribution >= 4 is 29.3 Å². The number of ketones is 2. The predicted octanol–water partition coefficient (Wildman–Crippen LogP) is 1.77. The second kappa shape index (κ2) is 8.13. The van der Waals surface area contributed by atoms with Crippen molar-refractivity contribution in [3.63, 3.8) is 0 Å². The molecule has 1 aliphatic carbocycles. The highest BCUT2D eigenvalue weighted by molar-refractivity contribution is 6.25. The van der Waals surface area contributed by atoms with Crippen molar-refractivity contribution in [3.8, 4) is 0 Å². The number of nitrogens with zero attached hydrogens (tertiary/aromatic N) is 3. The van der Waals surface area contributed by atoms with Crippen LogP contribution in [0.4, 0.5) is 11.6 Å². The van der Waals surface area contributed by atoms with E-state index in [1.54, 1.807) is 18.5 Å². The first-order chi connectivity index (χ1) is 14.0. The fourth-order valence-electron chi connectivity index (χ4n) is 3.88. The van der Waals surface area contributed by atoms with Gasteiger partial charge in [0.25, 0.3) is 0 Å². The largest absolute Gasteiger partial charge is 0.388 e. The van der Waals surface area contributed by atoms with E-state index < -0.39 is 0 Å². The topological polar surface area (TPSA) is 101 Å². The number of fused-ring (bicyclic) bond motifs is 1. The van der Waals surface area contributed by atoms with Crippen LogP contribution in [0.25, 0.3) is 6.08 Å². The van der Waals surface area contributed by atoms with Gasteiger partial charge >= 0.3 is 0 Å². The fourth-order valence-corrected chi connectivity index (χ4v) is 3.88. The minimum Gasteiger partial charge on any atom is -0.388 e. The quantitative estimate of drug-likeness (QED) is 0.749. The number of aromatic nitrogens is 2. The highest BCUT2D eigenvalue weighted by Crippen LogP contribution is 2.28. The lowest BCUT2D eigenvalue weighted by molar-refractivity contribution is -0.120. The SMILES string of the molecule is CNc1cccc2c1CC(=O)C(C(=O)Cc1cnc(N3CCC(N)CC3)nc1)=C2. The fraction of sp³-hybridized carbons (Fsp3) is 0.364. The first-order valence-corrected chi connectivity index (χ1v) is 9.94. The molecule has 2 heterocycles. The van der Waals surface area contributed by atoms with Gasteiger partial charge in [-0.2, -0.15) is 0 Å². The lowest BCUT2D eigenvalue weighted by atomic mass is 9.87. The molecule has 29 heavy (non-hydrogen) atoms. The lowest BCUT2D eigenvalue weighted by Crippen LogP contribution is -2.40. The highest BCUT2D eigenvalue weighted by Gasteiger charge is 2.25. The third-order valence-electron chi connectivity index (χ3n) is 5.60. The Kier molecular flexibility index (Phi) is 5.40. The zero-order valence-electron chi connectivity index (χ0n) is 16.5. The van der Waals surface area contributed by atoms with E-state index in [4.69, 9.17) is 5.73 Å². The summed E-state index contributed by atoms with van der Waals surface area (Å²) in [5, 5.41) is 3.10. The van der Waals surface area contributed by atoms with Gasteiger partial charge in [0.1, 0.15) is 0 Å². The molecule has 0 bridgehead atoms. The number of carbonyl (C=O) groups is 2. The summed E-state index contributed by atoms with van der Waals surface area (Å²) in [6.07, 6.45) is 7.26. The van der Waals surface area contributed by atoms with Crippen LogP contribution in [0.5, 0.6) is 0 Å². The minimum atomic E-state index is -0.198. The number of allylic oxidation sites excluding steroid dienone is 1. The smallest absolute Gasteiger partial charge is 0.225 e. The second-order valence-electron chi connectivity index (χ2n) is 7.60. The third kappa shape index (κ3) is 4.05. The first kappa shape index (κ1) is 19.3. The van der Waals surface area contributed by atoms with Gasteiger partial charge in [-0.25, -0.2) is 9.97 Å². The molecule has 7 nitrogen and oxygen atoms in total. The van der Waals surface area contributed by atoms with Gasteiger partial charge in [0.15, 0.2) is 11.6 Å². The van der Waals surface area contributed by atoms with Gasteiger partial charge in [-0.3, -0.25) is 9.59 Å². The summed E-state index contributed by atoms with van der Waals surface area (Å²) in [4.78, 5) is 36.3. The Morgan fingerprint density at radius 2 is 1.97 bits per heavy atom. The molecular weight excluding hydrogens is 366 g/mol. The summed E-state index contributed by atoms with van der Waals surface area (Å²) in [7, 11) is 1.83. The summed E-state index contributed by atoms with van der Waals surface area (Å²) >= 11 is 0. The number of piperidine rings is 1. The van der Waals surface area contributed by atoms with Crippen LogP contribution in [-0.2, 0) is 22.4 Å². The number of nitrogens with one attached hydrogen (secondary N) is 1. The van der Waals surface area contributed by atoms with Crippen LogP contribution in [0, 0.1) is 0 Å². The average molecular weight is 391 g/mol. The standard InChI is InChI=1S/C22H25N5O2/c1-24-19-4-2-3-15-10-18(21(29)11-17(15)19)20(28)9-14-12-25-22(26-13-14)27-7-5-16(23)6-8-27/h2-4,10,12-13,16,24H,5-9,11,23H2,1H3. The van der Waals surface area contributed by atoms with E-state index in [0.29, 0.717) is 11.5 Å². The summed E-state index contributed by atoms with van der Waals surface area (Å²) in [5.41, 5.74) is 9.66. The Bertz CT molecular complexity index is 960. The van der Waals surface area contributed by atoms with Crippen LogP contribution >= 0.6 is 0 Å². The van der Waals surface area contributed by atoms with Crippen LogP contribution < -0.4 is 16.0 Å². The van der Waals surface area contributed by atoms with E-state index >= 15 is 0 Å². The van der Waals surface area contributed by atoms with Crippen molar-refractivity contribution in [2.75, 3.05) is 30.4 Å². The van der Waals surface area contributed by atoms with Gasteiger partial charge in [-0.1, -0.05) is 12.1 Å². The van der Waals surface area contributed by atoms with Gasteiger partial charge < -0.3 is 16.0 Å². The van der Waals surface area contributed by atoms with Crippen LogP contribution in [0.3, 0.4) is 0 Å². The van der Waals surface area contributed by atoms with E-state index in [-0.39, 0.29) is 36.0 Å². The maximum absolute atomic E-state index is 12.8. The molecule has 1 aromatic heterocycles. The van der Waals surface area contributed by atoms with Crippen molar-refractivity contribution in [2.45, 2.75) is 31.7 Å². The number of nitrogens with two attached hydrogens (primary N) is 1. The molecular formula is C22H25N5O2. The van der Waals surface area contributed by atoms with Gasteiger partial charge in [-0.15, -0.1) is 0 Å². The second-order valence-corrected chi connectivity index (χ2v) is 7.60. The molecule has 0 unspecified atom stereocenters. The normalized spacial score (nSPS) is 17.0. The summed E-state index contributed by atoms with van der Waals surface area (Å²) in [6, 6.07) is 6.03. The Morgan fingerprint density at radius 3 is 2.66 bits per heavy atom.